The zero-order chi connectivity index (χ0) is 18.8. The van der Waals surface area contributed by atoms with Crippen LogP contribution in [0.2, 0.25) is 0 Å². The molecule has 1 aromatic carbocycles. The number of halogens is 1. The van der Waals surface area contributed by atoms with E-state index in [-0.39, 0.29) is 11.4 Å². The van der Waals surface area contributed by atoms with Crippen molar-refractivity contribution in [3.8, 4) is 11.3 Å². The van der Waals surface area contributed by atoms with Gasteiger partial charge in [-0.25, -0.2) is 14.4 Å². The van der Waals surface area contributed by atoms with E-state index in [2.05, 4.69) is 10.3 Å². The lowest BCUT2D eigenvalue weighted by Crippen LogP contribution is -2.28. The fourth-order valence-electron chi connectivity index (χ4n) is 3.86. The summed E-state index contributed by atoms with van der Waals surface area (Å²) in [6, 6.07) is 9.96. The predicted octanol–water partition coefficient (Wildman–Crippen LogP) is 4.22. The van der Waals surface area contributed by atoms with Crippen LogP contribution in [0.15, 0.2) is 41.2 Å². The first-order chi connectivity index (χ1) is 13.2. The van der Waals surface area contributed by atoms with E-state index in [1.165, 1.54) is 31.4 Å². The highest BCUT2D eigenvalue weighted by atomic mass is 19.1. The van der Waals surface area contributed by atoms with Gasteiger partial charge in [-0.15, -0.1) is 0 Å². The molecule has 1 aliphatic rings. The number of nitrogens with one attached hydrogen (secondary N) is 1. The lowest BCUT2D eigenvalue weighted by Gasteiger charge is -2.23. The third-order valence-corrected chi connectivity index (χ3v) is 5.33. The monoisotopic (exact) mass is 366 g/mol. The van der Waals surface area contributed by atoms with E-state index in [4.69, 9.17) is 4.98 Å². The highest BCUT2D eigenvalue weighted by molar-refractivity contribution is 5.76. The van der Waals surface area contributed by atoms with Crippen LogP contribution in [-0.2, 0) is 6.54 Å². The largest absolute Gasteiger partial charge is 0.369 e. The van der Waals surface area contributed by atoms with Crippen LogP contribution in [0.4, 0.5) is 10.2 Å². The molecule has 0 atom stereocenters. The summed E-state index contributed by atoms with van der Waals surface area (Å²) in [6.07, 6.45) is 5.99. The molecule has 6 heteroatoms. The summed E-state index contributed by atoms with van der Waals surface area (Å²) in [5.74, 6) is 0.548. The molecule has 1 fully saturated rings. The van der Waals surface area contributed by atoms with E-state index in [1.807, 2.05) is 12.1 Å². The molecule has 0 radical (unpaired) electrons. The second kappa shape index (κ2) is 7.47. The van der Waals surface area contributed by atoms with Gasteiger partial charge in [0.2, 0.25) is 0 Å². The molecule has 0 amide bonds. The van der Waals surface area contributed by atoms with Gasteiger partial charge in [0.25, 0.3) is 5.56 Å². The van der Waals surface area contributed by atoms with Gasteiger partial charge in [0, 0.05) is 19.2 Å². The fourth-order valence-corrected chi connectivity index (χ4v) is 3.86. The molecule has 1 saturated carbocycles. The molecule has 0 unspecified atom stereocenters. The summed E-state index contributed by atoms with van der Waals surface area (Å²) < 4.78 is 15.0. The Labute approximate surface area is 157 Å². The van der Waals surface area contributed by atoms with Gasteiger partial charge >= 0.3 is 0 Å². The maximum atomic E-state index is 13.2. The average Bonchev–Trinajstić information content (AvgIpc) is 2.71. The standard InChI is InChI=1S/C21H23FN4O/c1-23-19-21(27)26(13-14-5-3-2-4-6-14)20-18(24-19)12-11-17(25-20)15-7-9-16(22)10-8-15/h7-12,14H,2-6,13H2,1H3,(H,23,24). The minimum Gasteiger partial charge on any atom is -0.369 e. The molecule has 5 nitrogen and oxygen atoms in total. The topological polar surface area (TPSA) is 59.8 Å². The Bertz CT molecular complexity index is 1010. The highest BCUT2D eigenvalue weighted by Gasteiger charge is 2.19. The van der Waals surface area contributed by atoms with Crippen LogP contribution >= 0.6 is 0 Å². The first-order valence-electron chi connectivity index (χ1n) is 9.51. The molecule has 2 aromatic heterocycles. The Morgan fingerprint density at radius 2 is 1.81 bits per heavy atom. The Morgan fingerprint density at radius 3 is 2.52 bits per heavy atom. The molecule has 4 rings (SSSR count). The number of hydrogen-bond acceptors (Lipinski definition) is 4. The van der Waals surface area contributed by atoms with Crippen molar-refractivity contribution in [2.24, 2.45) is 5.92 Å². The Balaban J connectivity index is 1.83. The lowest BCUT2D eigenvalue weighted by atomic mass is 9.89. The molecule has 1 N–H and O–H groups in total. The molecule has 140 valence electrons. The summed E-state index contributed by atoms with van der Waals surface area (Å²) in [5, 5.41) is 2.90. The zero-order valence-electron chi connectivity index (χ0n) is 15.4. The van der Waals surface area contributed by atoms with Crippen LogP contribution in [0.25, 0.3) is 22.4 Å². The van der Waals surface area contributed by atoms with Crippen LogP contribution in [0.3, 0.4) is 0 Å². The van der Waals surface area contributed by atoms with Crippen LogP contribution in [0.1, 0.15) is 32.1 Å². The van der Waals surface area contributed by atoms with Crippen molar-refractivity contribution in [1.82, 2.24) is 14.5 Å². The Morgan fingerprint density at radius 1 is 1.07 bits per heavy atom. The van der Waals surface area contributed by atoms with Crippen molar-refractivity contribution in [3.63, 3.8) is 0 Å². The molecular weight excluding hydrogens is 343 g/mol. The van der Waals surface area contributed by atoms with Gasteiger partial charge in [0.1, 0.15) is 11.3 Å². The van der Waals surface area contributed by atoms with Crippen LogP contribution < -0.4 is 10.9 Å². The summed E-state index contributed by atoms with van der Waals surface area (Å²) in [6.45, 7) is 0.659. The summed E-state index contributed by atoms with van der Waals surface area (Å²) >= 11 is 0. The number of fused-ring (bicyclic) bond motifs is 1. The van der Waals surface area contributed by atoms with Gasteiger partial charge in [-0.2, -0.15) is 0 Å². The zero-order valence-corrected chi connectivity index (χ0v) is 15.4. The maximum absolute atomic E-state index is 13.2. The molecule has 27 heavy (non-hydrogen) atoms. The average molecular weight is 366 g/mol. The summed E-state index contributed by atoms with van der Waals surface area (Å²) in [4.78, 5) is 22.1. The number of hydrogen-bond donors (Lipinski definition) is 1. The molecule has 0 saturated heterocycles. The van der Waals surface area contributed by atoms with E-state index in [1.54, 1.807) is 23.7 Å². The number of nitrogens with zero attached hydrogens (tertiary/aromatic N) is 3. The third kappa shape index (κ3) is 3.56. The van der Waals surface area contributed by atoms with Crippen LogP contribution in [0.5, 0.6) is 0 Å². The van der Waals surface area contributed by atoms with Crippen molar-refractivity contribution >= 4 is 17.0 Å². The van der Waals surface area contributed by atoms with E-state index >= 15 is 0 Å². The third-order valence-electron chi connectivity index (χ3n) is 5.33. The molecule has 3 aromatic rings. The molecule has 1 aliphatic carbocycles. The van der Waals surface area contributed by atoms with Gasteiger partial charge in [0.15, 0.2) is 11.5 Å². The van der Waals surface area contributed by atoms with Crippen LogP contribution in [0, 0.1) is 11.7 Å². The normalized spacial score (nSPS) is 15.2. The number of benzene rings is 1. The number of anilines is 1. The first-order valence-corrected chi connectivity index (χ1v) is 9.51. The lowest BCUT2D eigenvalue weighted by molar-refractivity contribution is 0.319. The van der Waals surface area contributed by atoms with Gasteiger partial charge in [0.05, 0.1) is 5.69 Å². The van der Waals surface area contributed by atoms with E-state index in [9.17, 15) is 9.18 Å². The first kappa shape index (κ1) is 17.6. The number of rotatable bonds is 4. The number of pyridine rings is 1. The van der Waals surface area contributed by atoms with E-state index in [0.717, 1.165) is 18.4 Å². The molecular formula is C21H23FN4O. The fraction of sp³-hybridized carbons (Fsp3) is 0.381. The SMILES string of the molecule is CNc1nc2ccc(-c3ccc(F)cc3)nc2n(CC2CCCCC2)c1=O. The van der Waals surface area contributed by atoms with Gasteiger partial charge < -0.3 is 5.32 Å². The minimum absolute atomic E-state index is 0.140. The second-order valence-corrected chi connectivity index (χ2v) is 7.18. The van der Waals surface area contributed by atoms with E-state index < -0.39 is 0 Å². The molecule has 0 aliphatic heterocycles. The maximum Gasteiger partial charge on any atom is 0.294 e. The predicted molar refractivity (Wildman–Crippen MR) is 105 cm³/mol. The molecule has 0 bridgehead atoms. The highest BCUT2D eigenvalue weighted by Crippen LogP contribution is 2.26. The second-order valence-electron chi connectivity index (χ2n) is 7.18. The number of aromatic nitrogens is 3. The Hall–Kier alpha value is -2.76. The van der Waals surface area contributed by atoms with Crippen molar-refractivity contribution < 1.29 is 4.39 Å². The summed E-state index contributed by atoms with van der Waals surface area (Å²) in [7, 11) is 1.71. The van der Waals surface area contributed by atoms with Crippen LogP contribution in [-0.4, -0.2) is 21.6 Å². The van der Waals surface area contributed by atoms with Crippen molar-refractivity contribution in [1.29, 1.82) is 0 Å². The van der Waals surface area contributed by atoms with Crippen molar-refractivity contribution in [3.05, 3.63) is 52.6 Å². The van der Waals surface area contributed by atoms with Gasteiger partial charge in [-0.05, 0) is 55.2 Å². The minimum atomic E-state index is -0.283. The van der Waals surface area contributed by atoms with Crippen molar-refractivity contribution in [2.75, 3.05) is 12.4 Å². The molecule has 2 heterocycles. The van der Waals surface area contributed by atoms with Gasteiger partial charge in [-0.1, -0.05) is 19.3 Å². The van der Waals surface area contributed by atoms with Gasteiger partial charge in [-0.3, -0.25) is 9.36 Å². The Kier molecular flexibility index (Phi) is 4.88. The molecule has 0 spiro atoms. The van der Waals surface area contributed by atoms with E-state index in [0.29, 0.717) is 35.1 Å². The smallest absolute Gasteiger partial charge is 0.294 e. The summed E-state index contributed by atoms with van der Waals surface area (Å²) in [5.41, 5.74) is 2.65. The quantitative estimate of drug-likeness (QED) is 0.751. The van der Waals surface area contributed by atoms with Crippen molar-refractivity contribution in [2.45, 2.75) is 38.6 Å².